The lowest BCUT2D eigenvalue weighted by molar-refractivity contribution is 0.676. The van der Waals surface area contributed by atoms with Crippen molar-refractivity contribution in [1.82, 2.24) is 0 Å². The molecule has 1 aromatic rings. The van der Waals surface area contributed by atoms with Crippen LogP contribution in [0.25, 0.3) is 0 Å². The first-order valence-electron chi connectivity index (χ1n) is 5.68. The van der Waals surface area contributed by atoms with Gasteiger partial charge >= 0.3 is 0 Å². The molecule has 0 saturated heterocycles. The number of hydrogen-bond donors (Lipinski definition) is 0. The number of benzene rings is 1. The Labute approximate surface area is 96.9 Å². The summed E-state index contributed by atoms with van der Waals surface area (Å²) in [7, 11) is 0. The van der Waals surface area contributed by atoms with Crippen molar-refractivity contribution in [1.29, 1.82) is 0 Å². The van der Waals surface area contributed by atoms with Crippen molar-refractivity contribution < 1.29 is 0 Å². The van der Waals surface area contributed by atoms with Crippen molar-refractivity contribution in [2.45, 2.75) is 30.6 Å². The second-order valence-electron chi connectivity index (χ2n) is 3.92. The fourth-order valence-electron chi connectivity index (χ4n) is 1.90. The Kier molecular flexibility index (Phi) is 3.95. The van der Waals surface area contributed by atoms with E-state index >= 15 is 0 Å². The molecule has 2 heteroatoms. The molecule has 0 unspecified atom stereocenters. The Hall–Kier alpha value is -0.630. The Morgan fingerprint density at radius 2 is 2.07 bits per heavy atom. The lowest BCUT2D eigenvalue weighted by atomic mass is 10.2. The summed E-state index contributed by atoms with van der Waals surface area (Å²) < 4.78 is 0. The molecule has 0 N–H and O–H groups in total. The minimum Gasteiger partial charge on any atom is -0.361 e. The first kappa shape index (κ1) is 10.9. The van der Waals surface area contributed by atoms with E-state index in [2.05, 4.69) is 36.1 Å². The van der Waals surface area contributed by atoms with Gasteiger partial charge in [-0.1, -0.05) is 38.3 Å². The zero-order valence-corrected chi connectivity index (χ0v) is 9.93. The summed E-state index contributed by atoms with van der Waals surface area (Å²) in [5.74, 6) is 1.13. The average Bonchev–Trinajstić information content (AvgIpc) is 2.68. The fourth-order valence-corrected chi connectivity index (χ4v) is 2.98. The smallest absolute Gasteiger partial charge is 0.0686 e. The van der Waals surface area contributed by atoms with E-state index in [1.54, 1.807) is 0 Å². The molecule has 1 aromatic carbocycles. The van der Waals surface area contributed by atoms with Gasteiger partial charge in [-0.15, -0.1) is 11.8 Å². The average molecular weight is 220 g/mol. The number of fused-ring (bicyclic) bond motifs is 1. The molecular formula is C13H18NS. The standard InChI is InChI=1S/C13H18NS/c1-2-3-4-7-10-14-11-15-13-9-6-5-8-12(13)14/h5-6,8-9H,1-4,7,10-11H2. The third kappa shape index (κ3) is 2.69. The first-order valence-corrected chi connectivity index (χ1v) is 6.66. The molecule has 1 aliphatic heterocycles. The number of anilines is 1. The van der Waals surface area contributed by atoms with Gasteiger partial charge in [0, 0.05) is 11.4 Å². The zero-order valence-electron chi connectivity index (χ0n) is 9.11. The number of nitrogens with zero attached hydrogens (tertiary/aromatic N) is 1. The highest BCUT2D eigenvalue weighted by atomic mass is 32.2. The highest BCUT2D eigenvalue weighted by Gasteiger charge is 2.17. The molecule has 0 aliphatic carbocycles. The van der Waals surface area contributed by atoms with E-state index in [4.69, 9.17) is 0 Å². The van der Waals surface area contributed by atoms with Crippen LogP contribution in [-0.2, 0) is 0 Å². The Morgan fingerprint density at radius 3 is 2.93 bits per heavy atom. The normalized spacial score (nSPS) is 14.3. The van der Waals surface area contributed by atoms with E-state index in [0.29, 0.717) is 0 Å². The second kappa shape index (κ2) is 5.45. The van der Waals surface area contributed by atoms with Gasteiger partial charge in [0.2, 0.25) is 0 Å². The largest absolute Gasteiger partial charge is 0.361 e. The van der Waals surface area contributed by atoms with Crippen LogP contribution < -0.4 is 4.90 Å². The Morgan fingerprint density at radius 1 is 1.20 bits per heavy atom. The molecule has 0 spiro atoms. The highest BCUT2D eigenvalue weighted by Crippen LogP contribution is 2.37. The van der Waals surface area contributed by atoms with Crippen molar-refractivity contribution in [3.63, 3.8) is 0 Å². The van der Waals surface area contributed by atoms with Crippen LogP contribution >= 0.6 is 11.8 Å². The predicted octanol–water partition coefficient (Wildman–Crippen LogP) is 3.95. The van der Waals surface area contributed by atoms with Crippen molar-refractivity contribution in [2.24, 2.45) is 0 Å². The van der Waals surface area contributed by atoms with Gasteiger partial charge in [0.15, 0.2) is 0 Å². The summed E-state index contributed by atoms with van der Waals surface area (Å²) in [6.45, 7) is 5.07. The van der Waals surface area contributed by atoms with Gasteiger partial charge in [-0.3, -0.25) is 0 Å². The van der Waals surface area contributed by atoms with Crippen LogP contribution in [0.15, 0.2) is 29.2 Å². The topological polar surface area (TPSA) is 3.24 Å². The van der Waals surface area contributed by atoms with Crippen LogP contribution in [0.2, 0.25) is 0 Å². The molecule has 0 atom stereocenters. The Bertz CT molecular complexity index is 311. The summed E-state index contributed by atoms with van der Waals surface area (Å²) >= 11 is 1.95. The van der Waals surface area contributed by atoms with Gasteiger partial charge in [-0.2, -0.15) is 0 Å². The summed E-state index contributed by atoms with van der Waals surface area (Å²) in [6.07, 6.45) is 4.95. The molecular weight excluding hydrogens is 202 g/mol. The molecule has 1 heterocycles. The third-order valence-electron chi connectivity index (χ3n) is 2.76. The number of para-hydroxylation sites is 1. The number of unbranched alkanes of at least 4 members (excludes halogenated alkanes) is 3. The molecule has 1 nitrogen and oxygen atoms in total. The van der Waals surface area contributed by atoms with Gasteiger partial charge in [0.05, 0.1) is 11.6 Å². The number of rotatable bonds is 5. The Balaban J connectivity index is 1.85. The second-order valence-corrected chi connectivity index (χ2v) is 4.91. The summed E-state index contributed by atoms with van der Waals surface area (Å²) in [4.78, 5) is 3.93. The minimum atomic E-state index is 1.07. The van der Waals surface area contributed by atoms with Crippen LogP contribution in [0.4, 0.5) is 5.69 Å². The minimum absolute atomic E-state index is 1.07. The van der Waals surface area contributed by atoms with E-state index in [9.17, 15) is 0 Å². The molecule has 1 radical (unpaired) electrons. The van der Waals surface area contributed by atoms with Crippen LogP contribution in [0, 0.1) is 6.92 Å². The van der Waals surface area contributed by atoms with E-state index in [0.717, 1.165) is 12.3 Å². The van der Waals surface area contributed by atoms with E-state index < -0.39 is 0 Å². The molecule has 0 aromatic heterocycles. The van der Waals surface area contributed by atoms with Crippen LogP contribution in [0.5, 0.6) is 0 Å². The molecule has 2 rings (SSSR count). The third-order valence-corrected chi connectivity index (χ3v) is 3.86. The molecule has 0 amide bonds. The van der Waals surface area contributed by atoms with Gasteiger partial charge in [0.25, 0.3) is 0 Å². The van der Waals surface area contributed by atoms with Gasteiger partial charge in [-0.05, 0) is 18.6 Å². The van der Waals surface area contributed by atoms with Crippen LogP contribution in [0.1, 0.15) is 25.7 Å². The van der Waals surface area contributed by atoms with E-state index in [-0.39, 0.29) is 0 Å². The van der Waals surface area contributed by atoms with Gasteiger partial charge < -0.3 is 4.90 Å². The van der Waals surface area contributed by atoms with Gasteiger partial charge in [0.1, 0.15) is 0 Å². The number of hydrogen-bond acceptors (Lipinski definition) is 2. The zero-order chi connectivity index (χ0) is 10.5. The van der Waals surface area contributed by atoms with E-state index in [1.165, 1.54) is 36.4 Å². The summed E-state index contributed by atoms with van der Waals surface area (Å²) in [6, 6.07) is 8.71. The van der Waals surface area contributed by atoms with Crippen molar-refractivity contribution in [3.05, 3.63) is 31.2 Å². The monoisotopic (exact) mass is 220 g/mol. The lowest BCUT2D eigenvalue weighted by Gasteiger charge is -2.17. The maximum Gasteiger partial charge on any atom is 0.0686 e. The number of thioether (sulfide) groups is 1. The summed E-state index contributed by atoms with van der Waals surface area (Å²) in [5, 5.41) is 0. The van der Waals surface area contributed by atoms with Crippen molar-refractivity contribution in [3.8, 4) is 0 Å². The van der Waals surface area contributed by atoms with Crippen molar-refractivity contribution >= 4 is 17.4 Å². The summed E-state index contributed by atoms with van der Waals surface area (Å²) in [5.41, 5.74) is 1.43. The fraction of sp³-hybridized carbons (Fsp3) is 0.462. The molecule has 81 valence electrons. The molecule has 15 heavy (non-hydrogen) atoms. The maximum absolute atomic E-state index is 3.87. The molecule has 0 bridgehead atoms. The van der Waals surface area contributed by atoms with Crippen LogP contribution in [-0.4, -0.2) is 12.4 Å². The maximum atomic E-state index is 3.87. The SMILES string of the molecule is [CH2]CCCCCN1CSc2ccccc21. The predicted molar refractivity (Wildman–Crippen MR) is 68.3 cm³/mol. The molecule has 0 saturated carbocycles. The highest BCUT2D eigenvalue weighted by molar-refractivity contribution is 7.99. The first-order chi connectivity index (χ1) is 7.42. The van der Waals surface area contributed by atoms with Crippen molar-refractivity contribution in [2.75, 3.05) is 17.3 Å². The van der Waals surface area contributed by atoms with E-state index in [1.807, 2.05) is 11.8 Å². The molecule has 1 aliphatic rings. The lowest BCUT2D eigenvalue weighted by Crippen LogP contribution is -2.20. The van der Waals surface area contributed by atoms with Crippen LogP contribution in [0.3, 0.4) is 0 Å². The van der Waals surface area contributed by atoms with Gasteiger partial charge in [-0.25, -0.2) is 0 Å². The molecule has 0 fully saturated rings. The quantitative estimate of drug-likeness (QED) is 0.691.